The van der Waals surface area contributed by atoms with Crippen molar-refractivity contribution in [1.29, 1.82) is 0 Å². The SMILES string of the molecule is CCSC(Cc1ccc(OCCc2ccc(NC(=O)OC(C)(C)C)cc2)cc1)C(=O)[O-].[Na+]. The van der Waals surface area contributed by atoms with Crippen molar-refractivity contribution in [2.45, 2.75) is 51.4 Å². The molecular weight excluding hydrogens is 437 g/mol. The van der Waals surface area contributed by atoms with Crippen molar-refractivity contribution in [3.05, 3.63) is 59.7 Å². The first-order valence-corrected chi connectivity index (χ1v) is 11.3. The fraction of sp³-hybridized carbons (Fsp3) is 0.417. The van der Waals surface area contributed by atoms with Crippen LogP contribution in [0.15, 0.2) is 48.5 Å². The molecule has 0 aliphatic rings. The van der Waals surface area contributed by atoms with E-state index in [1.807, 2.05) is 76.2 Å². The van der Waals surface area contributed by atoms with Crippen LogP contribution in [0, 0.1) is 0 Å². The molecule has 1 N–H and O–H groups in total. The van der Waals surface area contributed by atoms with Crippen molar-refractivity contribution in [2.24, 2.45) is 0 Å². The monoisotopic (exact) mass is 467 g/mol. The van der Waals surface area contributed by atoms with E-state index < -0.39 is 22.9 Å². The summed E-state index contributed by atoms with van der Waals surface area (Å²) in [4.78, 5) is 23.0. The van der Waals surface area contributed by atoms with Gasteiger partial charge in [-0.2, -0.15) is 11.8 Å². The maximum absolute atomic E-state index is 11.8. The number of anilines is 1. The van der Waals surface area contributed by atoms with Crippen LogP contribution in [0.5, 0.6) is 5.75 Å². The fourth-order valence-electron chi connectivity index (χ4n) is 2.81. The quantitative estimate of drug-likeness (QED) is 0.526. The van der Waals surface area contributed by atoms with E-state index in [1.165, 1.54) is 11.8 Å². The molecule has 1 amide bonds. The molecule has 2 aromatic rings. The number of carboxylic acids is 1. The van der Waals surface area contributed by atoms with Gasteiger partial charge in [0.2, 0.25) is 0 Å². The van der Waals surface area contributed by atoms with Crippen LogP contribution in [0.4, 0.5) is 10.5 Å². The molecule has 0 bridgehead atoms. The second-order valence-corrected chi connectivity index (χ2v) is 9.51. The van der Waals surface area contributed by atoms with E-state index in [-0.39, 0.29) is 29.6 Å². The average molecular weight is 468 g/mol. The molecule has 0 aliphatic heterocycles. The molecule has 0 fully saturated rings. The summed E-state index contributed by atoms with van der Waals surface area (Å²) >= 11 is 1.38. The molecule has 32 heavy (non-hydrogen) atoms. The van der Waals surface area contributed by atoms with Crippen LogP contribution in [0.3, 0.4) is 0 Å². The Kier molecular flexibility index (Phi) is 12.2. The van der Waals surface area contributed by atoms with E-state index in [0.717, 1.165) is 22.6 Å². The largest absolute Gasteiger partial charge is 1.00 e. The van der Waals surface area contributed by atoms with Crippen LogP contribution in [0.1, 0.15) is 38.8 Å². The first-order chi connectivity index (χ1) is 14.7. The molecule has 168 valence electrons. The molecule has 2 aromatic carbocycles. The number of carbonyl (C=O) groups is 2. The molecule has 0 aliphatic carbocycles. The minimum absolute atomic E-state index is 0. The number of benzene rings is 2. The number of carbonyl (C=O) groups excluding carboxylic acids is 2. The third-order valence-corrected chi connectivity index (χ3v) is 5.33. The van der Waals surface area contributed by atoms with Gasteiger partial charge in [-0.25, -0.2) is 4.79 Å². The maximum Gasteiger partial charge on any atom is 1.00 e. The van der Waals surface area contributed by atoms with Gasteiger partial charge in [0.05, 0.1) is 12.6 Å². The Morgan fingerprint density at radius 1 is 1.03 bits per heavy atom. The number of amides is 1. The van der Waals surface area contributed by atoms with Gasteiger partial charge in [-0.3, -0.25) is 5.32 Å². The third kappa shape index (κ3) is 10.8. The van der Waals surface area contributed by atoms with Gasteiger partial charge in [-0.15, -0.1) is 0 Å². The summed E-state index contributed by atoms with van der Waals surface area (Å²) in [6.45, 7) is 7.89. The zero-order chi connectivity index (χ0) is 22.9. The summed E-state index contributed by atoms with van der Waals surface area (Å²) in [5.41, 5.74) is 2.16. The Balaban J connectivity index is 0.00000512. The van der Waals surface area contributed by atoms with Gasteiger partial charge in [0.1, 0.15) is 11.4 Å². The molecule has 0 saturated carbocycles. The Labute approximate surface area is 216 Å². The summed E-state index contributed by atoms with van der Waals surface area (Å²) in [5, 5.41) is 13.4. The van der Waals surface area contributed by atoms with Gasteiger partial charge in [-0.05, 0) is 68.3 Å². The van der Waals surface area contributed by atoms with Crippen molar-refractivity contribution >= 4 is 29.5 Å². The Bertz CT molecular complexity index is 850. The number of hydrogen-bond donors (Lipinski definition) is 1. The number of thioether (sulfide) groups is 1. The second kappa shape index (κ2) is 13.8. The number of rotatable bonds is 10. The second-order valence-electron chi connectivity index (χ2n) is 8.03. The summed E-state index contributed by atoms with van der Waals surface area (Å²) < 4.78 is 11.0. The fourth-order valence-corrected chi connectivity index (χ4v) is 3.66. The molecule has 2 rings (SSSR count). The molecule has 0 spiro atoms. The molecule has 8 heteroatoms. The molecule has 0 aromatic heterocycles. The molecule has 1 unspecified atom stereocenters. The minimum Gasteiger partial charge on any atom is -0.549 e. The number of hydrogen-bond acceptors (Lipinski definition) is 6. The van der Waals surface area contributed by atoms with Crippen molar-refractivity contribution in [3.8, 4) is 5.75 Å². The standard InChI is InChI=1S/C24H31NO5S.Na/c1-5-31-21(22(26)27)16-18-8-12-20(13-9-18)29-15-14-17-6-10-19(11-7-17)25-23(28)30-24(2,3)4;/h6-13,21H,5,14-16H2,1-4H3,(H,25,28)(H,26,27);/q;+1/p-1. The molecule has 0 saturated heterocycles. The van der Waals surface area contributed by atoms with Crippen LogP contribution < -0.4 is 44.7 Å². The number of nitrogens with one attached hydrogen (secondary N) is 1. The van der Waals surface area contributed by atoms with Crippen LogP contribution in [-0.4, -0.2) is 35.3 Å². The van der Waals surface area contributed by atoms with Crippen LogP contribution in [-0.2, 0) is 22.4 Å². The normalized spacial score (nSPS) is 11.8. The topological polar surface area (TPSA) is 87.7 Å². The summed E-state index contributed by atoms with van der Waals surface area (Å²) in [7, 11) is 0. The first kappa shape index (κ1) is 28.4. The van der Waals surface area contributed by atoms with Gasteiger partial charge in [0.25, 0.3) is 0 Å². The zero-order valence-corrected chi connectivity index (χ0v) is 22.3. The van der Waals surface area contributed by atoms with Crippen LogP contribution in [0.2, 0.25) is 0 Å². The van der Waals surface area contributed by atoms with Crippen molar-refractivity contribution in [2.75, 3.05) is 17.7 Å². The third-order valence-electron chi connectivity index (χ3n) is 4.23. The Hall–Kier alpha value is -1.67. The summed E-state index contributed by atoms with van der Waals surface area (Å²) in [6.07, 6.45) is 0.672. The van der Waals surface area contributed by atoms with Gasteiger partial charge in [-0.1, -0.05) is 31.2 Å². The van der Waals surface area contributed by atoms with E-state index in [4.69, 9.17) is 9.47 Å². The van der Waals surface area contributed by atoms with Crippen LogP contribution in [0.25, 0.3) is 0 Å². The van der Waals surface area contributed by atoms with E-state index in [0.29, 0.717) is 25.1 Å². The van der Waals surface area contributed by atoms with Gasteiger partial charge >= 0.3 is 35.7 Å². The maximum atomic E-state index is 11.8. The number of ether oxygens (including phenoxy) is 2. The molecular formula is C24H30NNaO5S. The Morgan fingerprint density at radius 2 is 1.62 bits per heavy atom. The predicted octanol–water partition coefficient (Wildman–Crippen LogP) is 1.07. The van der Waals surface area contributed by atoms with Crippen molar-refractivity contribution in [3.63, 3.8) is 0 Å². The van der Waals surface area contributed by atoms with Crippen molar-refractivity contribution < 1.29 is 53.7 Å². The Morgan fingerprint density at radius 3 is 2.16 bits per heavy atom. The van der Waals surface area contributed by atoms with Gasteiger partial charge in [0, 0.05) is 17.4 Å². The van der Waals surface area contributed by atoms with E-state index in [1.54, 1.807) is 0 Å². The smallest absolute Gasteiger partial charge is 0.549 e. The summed E-state index contributed by atoms with van der Waals surface area (Å²) in [6, 6.07) is 15.0. The first-order valence-electron chi connectivity index (χ1n) is 10.3. The molecule has 6 nitrogen and oxygen atoms in total. The summed E-state index contributed by atoms with van der Waals surface area (Å²) in [5.74, 6) is 0.442. The molecule has 0 heterocycles. The van der Waals surface area contributed by atoms with Crippen LogP contribution >= 0.6 is 11.8 Å². The average Bonchev–Trinajstić information content (AvgIpc) is 2.68. The van der Waals surface area contributed by atoms with E-state index in [9.17, 15) is 14.7 Å². The van der Waals surface area contributed by atoms with Gasteiger partial charge < -0.3 is 19.4 Å². The molecule has 0 radical (unpaired) electrons. The van der Waals surface area contributed by atoms with Crippen molar-refractivity contribution in [1.82, 2.24) is 0 Å². The van der Waals surface area contributed by atoms with E-state index in [2.05, 4.69) is 5.32 Å². The molecule has 1 atom stereocenters. The zero-order valence-electron chi connectivity index (χ0n) is 19.5. The number of aliphatic carboxylic acids is 1. The minimum atomic E-state index is -1.03. The van der Waals surface area contributed by atoms with E-state index >= 15 is 0 Å². The predicted molar refractivity (Wildman–Crippen MR) is 123 cm³/mol. The number of carboxylic acid groups (broad SMARTS) is 1. The van der Waals surface area contributed by atoms with Gasteiger partial charge in [0.15, 0.2) is 0 Å².